The number of benzene rings is 1. The predicted molar refractivity (Wildman–Crippen MR) is 128 cm³/mol. The van der Waals surface area contributed by atoms with Crippen LogP contribution < -0.4 is 14.8 Å². The van der Waals surface area contributed by atoms with Gasteiger partial charge in [0.15, 0.2) is 0 Å². The molecule has 1 fully saturated rings. The fourth-order valence-electron chi connectivity index (χ4n) is 3.89. The number of aliphatic hydroxyl groups excluding tert-OH is 6. The summed E-state index contributed by atoms with van der Waals surface area (Å²) in [5, 5.41) is 68.6. The first-order valence-electron chi connectivity index (χ1n) is 12.0. The molecule has 1 aromatic carbocycles. The minimum atomic E-state index is -1.55. The van der Waals surface area contributed by atoms with E-state index < -0.39 is 43.4 Å². The van der Waals surface area contributed by atoms with Crippen LogP contribution in [0.5, 0.6) is 11.6 Å². The molecule has 2 aromatic rings. The maximum Gasteiger partial charge on any atom is 0.238 e. The maximum atomic E-state index is 10.3. The number of hydrogen-bond donors (Lipinski definition) is 8. The van der Waals surface area contributed by atoms with E-state index in [1.54, 1.807) is 12.1 Å². The molecule has 6 atom stereocenters. The van der Waals surface area contributed by atoms with Gasteiger partial charge in [0.05, 0.1) is 13.2 Å². The lowest BCUT2D eigenvalue weighted by Gasteiger charge is -2.39. The number of aliphatic hydroxyl groups is 6. The SMILES string of the molecule is CC(C)c1[nH]nc(O[C@@H]2O[C@H](CO)[C@@H](O)[C@H](O)[C@H]2O)c1Cc1ccc(OC[C@@H](O)CNCCO)cc1. The molecule has 202 valence electrons. The average molecular weight is 512 g/mol. The van der Waals surface area contributed by atoms with Crippen LogP contribution in [-0.2, 0) is 11.2 Å². The van der Waals surface area contributed by atoms with Crippen LogP contribution in [0, 0.1) is 0 Å². The van der Waals surface area contributed by atoms with Crippen molar-refractivity contribution in [1.29, 1.82) is 0 Å². The Balaban J connectivity index is 1.68. The van der Waals surface area contributed by atoms with Gasteiger partial charge in [0.2, 0.25) is 12.2 Å². The predicted octanol–water partition coefficient (Wildman–Crippen LogP) is -1.38. The molecular weight excluding hydrogens is 474 g/mol. The quantitative estimate of drug-likeness (QED) is 0.148. The number of nitrogens with one attached hydrogen (secondary N) is 2. The Morgan fingerprint density at radius 3 is 2.44 bits per heavy atom. The highest BCUT2D eigenvalue weighted by Gasteiger charge is 2.45. The second kappa shape index (κ2) is 13.3. The Labute approximate surface area is 209 Å². The van der Waals surface area contributed by atoms with Gasteiger partial charge in [-0.15, -0.1) is 5.10 Å². The second-order valence-electron chi connectivity index (χ2n) is 9.10. The lowest BCUT2D eigenvalue weighted by molar-refractivity contribution is -0.278. The normalized spacial score (nSPS) is 25.2. The van der Waals surface area contributed by atoms with Crippen LogP contribution >= 0.6 is 0 Å². The first kappa shape index (κ1) is 28.3. The van der Waals surface area contributed by atoms with Crippen LogP contribution in [0.3, 0.4) is 0 Å². The molecule has 0 amide bonds. The van der Waals surface area contributed by atoms with Crippen LogP contribution in [0.15, 0.2) is 24.3 Å². The van der Waals surface area contributed by atoms with Gasteiger partial charge in [-0.05, 0) is 23.6 Å². The summed E-state index contributed by atoms with van der Waals surface area (Å²) in [5.74, 6) is 0.860. The van der Waals surface area contributed by atoms with Crippen molar-refractivity contribution in [2.75, 3.05) is 32.9 Å². The van der Waals surface area contributed by atoms with Crippen molar-refractivity contribution < 1.29 is 44.8 Å². The van der Waals surface area contributed by atoms with E-state index in [1.165, 1.54) is 0 Å². The molecule has 1 saturated heterocycles. The molecule has 2 heterocycles. The van der Waals surface area contributed by atoms with E-state index in [9.17, 15) is 25.5 Å². The van der Waals surface area contributed by atoms with Gasteiger partial charge < -0.3 is 50.2 Å². The largest absolute Gasteiger partial charge is 0.491 e. The van der Waals surface area contributed by atoms with Crippen LogP contribution in [0.2, 0.25) is 0 Å². The molecule has 1 aromatic heterocycles. The van der Waals surface area contributed by atoms with Crippen LogP contribution in [-0.4, -0.2) is 111 Å². The molecule has 0 radical (unpaired) electrons. The van der Waals surface area contributed by atoms with E-state index in [1.807, 2.05) is 26.0 Å². The van der Waals surface area contributed by atoms with Crippen molar-refractivity contribution in [3.63, 3.8) is 0 Å². The average Bonchev–Trinajstić information content (AvgIpc) is 3.26. The van der Waals surface area contributed by atoms with Gasteiger partial charge in [0.1, 0.15) is 42.9 Å². The molecule has 8 N–H and O–H groups in total. The van der Waals surface area contributed by atoms with Gasteiger partial charge in [-0.2, -0.15) is 0 Å². The van der Waals surface area contributed by atoms with E-state index in [2.05, 4.69) is 15.5 Å². The van der Waals surface area contributed by atoms with Crippen LogP contribution in [0.1, 0.15) is 36.6 Å². The Morgan fingerprint density at radius 2 is 1.81 bits per heavy atom. The van der Waals surface area contributed by atoms with E-state index in [4.69, 9.17) is 19.3 Å². The van der Waals surface area contributed by atoms with Crippen molar-refractivity contribution in [3.05, 3.63) is 41.1 Å². The Kier molecular flexibility index (Phi) is 10.5. The highest BCUT2D eigenvalue weighted by atomic mass is 16.7. The zero-order valence-corrected chi connectivity index (χ0v) is 20.4. The topological polar surface area (TPSA) is 190 Å². The third kappa shape index (κ3) is 7.14. The van der Waals surface area contributed by atoms with Gasteiger partial charge in [0.25, 0.3) is 0 Å². The van der Waals surface area contributed by atoms with Crippen molar-refractivity contribution in [3.8, 4) is 11.6 Å². The zero-order valence-electron chi connectivity index (χ0n) is 20.4. The fourth-order valence-corrected chi connectivity index (χ4v) is 3.89. The number of H-pyrrole nitrogens is 1. The van der Waals surface area contributed by atoms with Crippen LogP contribution in [0.4, 0.5) is 0 Å². The maximum absolute atomic E-state index is 10.3. The first-order chi connectivity index (χ1) is 17.2. The summed E-state index contributed by atoms with van der Waals surface area (Å²) in [6.07, 6.45) is -7.27. The molecule has 36 heavy (non-hydrogen) atoms. The third-order valence-corrected chi connectivity index (χ3v) is 5.93. The van der Waals surface area contributed by atoms with Crippen LogP contribution in [0.25, 0.3) is 0 Å². The van der Waals surface area contributed by atoms with Crippen molar-refractivity contribution in [2.45, 2.75) is 63.0 Å². The highest BCUT2D eigenvalue weighted by molar-refractivity contribution is 5.39. The van der Waals surface area contributed by atoms with Crippen molar-refractivity contribution in [1.82, 2.24) is 15.5 Å². The Morgan fingerprint density at radius 1 is 1.08 bits per heavy atom. The van der Waals surface area contributed by atoms with Gasteiger partial charge >= 0.3 is 0 Å². The monoisotopic (exact) mass is 511 g/mol. The van der Waals surface area contributed by atoms with E-state index in [0.717, 1.165) is 16.8 Å². The summed E-state index contributed by atoms with van der Waals surface area (Å²) in [6, 6.07) is 7.33. The number of hydrogen-bond acceptors (Lipinski definition) is 11. The zero-order chi connectivity index (χ0) is 26.2. The lowest BCUT2D eigenvalue weighted by atomic mass is 9.98. The molecule has 12 heteroatoms. The number of nitrogens with zero attached hydrogens (tertiary/aromatic N) is 1. The number of aromatic amines is 1. The molecule has 0 spiro atoms. The summed E-state index contributed by atoms with van der Waals surface area (Å²) in [6.45, 7) is 4.25. The molecule has 0 bridgehead atoms. The highest BCUT2D eigenvalue weighted by Crippen LogP contribution is 2.31. The fraction of sp³-hybridized carbons (Fsp3) is 0.625. The van der Waals surface area contributed by atoms with Gasteiger partial charge in [-0.1, -0.05) is 26.0 Å². The summed E-state index contributed by atoms with van der Waals surface area (Å²) in [4.78, 5) is 0. The molecule has 3 rings (SSSR count). The van der Waals surface area contributed by atoms with E-state index >= 15 is 0 Å². The summed E-state index contributed by atoms with van der Waals surface area (Å²) < 4.78 is 16.9. The van der Waals surface area contributed by atoms with Gasteiger partial charge in [0, 0.05) is 30.8 Å². The van der Waals surface area contributed by atoms with Crippen molar-refractivity contribution in [2.24, 2.45) is 0 Å². The molecule has 0 aliphatic carbocycles. The molecule has 1 aliphatic heterocycles. The second-order valence-corrected chi connectivity index (χ2v) is 9.10. The molecule has 0 saturated carbocycles. The molecule has 1 aliphatic rings. The smallest absolute Gasteiger partial charge is 0.238 e. The number of aromatic nitrogens is 2. The summed E-state index contributed by atoms with van der Waals surface area (Å²) in [7, 11) is 0. The van der Waals surface area contributed by atoms with E-state index in [-0.39, 0.29) is 25.0 Å². The molecule has 12 nitrogen and oxygen atoms in total. The van der Waals surface area contributed by atoms with Gasteiger partial charge in [-0.25, -0.2) is 0 Å². The number of ether oxygens (including phenoxy) is 3. The third-order valence-electron chi connectivity index (χ3n) is 5.93. The standard InChI is InChI=1S/C24H37N3O9/c1-13(2)19-17(9-14-3-5-16(6-4-14)34-12-15(30)10-25-7-8-28)23(27-26-19)36-24-22(33)21(32)20(31)18(11-29)35-24/h3-6,13,15,18,20-22,24-25,28-33H,7-12H2,1-2H3,(H,26,27)/t15-,18+,20+,21-,22+,24-/m0/s1. The summed E-state index contributed by atoms with van der Waals surface area (Å²) in [5.41, 5.74) is 2.49. The minimum absolute atomic E-state index is 0.000497. The Bertz CT molecular complexity index is 922. The number of rotatable bonds is 13. The van der Waals surface area contributed by atoms with Crippen molar-refractivity contribution >= 4 is 0 Å². The molecule has 0 unspecified atom stereocenters. The lowest BCUT2D eigenvalue weighted by Crippen LogP contribution is -2.60. The Hall–Kier alpha value is -2.29. The summed E-state index contributed by atoms with van der Waals surface area (Å²) >= 11 is 0. The molecular formula is C24H37N3O9. The minimum Gasteiger partial charge on any atom is -0.491 e. The first-order valence-corrected chi connectivity index (χ1v) is 12.0. The van der Waals surface area contributed by atoms with Gasteiger partial charge in [-0.3, -0.25) is 5.10 Å². The van der Waals surface area contributed by atoms with E-state index in [0.29, 0.717) is 25.3 Å².